The maximum atomic E-state index is 11.7. The summed E-state index contributed by atoms with van der Waals surface area (Å²) in [5.74, 6) is -0.360. The van der Waals surface area contributed by atoms with Gasteiger partial charge in [0.2, 0.25) is 10.0 Å². The van der Waals surface area contributed by atoms with E-state index in [0.29, 0.717) is 0 Å². The molecule has 0 aromatic heterocycles. The number of sulfonamides is 1. The average molecular weight is 248 g/mol. The number of nitrogens with one attached hydrogen (secondary N) is 2. The van der Waals surface area contributed by atoms with Crippen LogP contribution in [0.15, 0.2) is 0 Å². The van der Waals surface area contributed by atoms with E-state index in [9.17, 15) is 21.6 Å². The molecule has 0 aromatic rings. The van der Waals surface area contributed by atoms with E-state index >= 15 is 0 Å². The fourth-order valence-electron chi connectivity index (χ4n) is 0.746. The predicted octanol–water partition coefficient (Wildman–Crippen LogP) is 0.466. The minimum Gasteiger partial charge on any atom is -0.313 e. The van der Waals surface area contributed by atoms with Crippen LogP contribution in [0.2, 0.25) is 0 Å². The third-order valence-electron chi connectivity index (χ3n) is 1.42. The maximum absolute atomic E-state index is 11.7. The van der Waals surface area contributed by atoms with Crippen molar-refractivity contribution in [3.8, 4) is 0 Å². The molecule has 8 heteroatoms. The molecule has 0 aliphatic rings. The molecule has 2 N–H and O–H groups in total. The Morgan fingerprint density at radius 1 is 1.27 bits per heavy atom. The highest BCUT2D eigenvalue weighted by atomic mass is 32.2. The standard InChI is InChI=1S/C7H15F3N2O2S/c1-6(2)11-3-4-15(13,14)12-5-7(8,9)10/h6,11-12H,3-5H2,1-2H3. The molecule has 0 aromatic carbocycles. The van der Waals surface area contributed by atoms with Crippen LogP contribution in [-0.2, 0) is 10.0 Å². The first kappa shape index (κ1) is 14.7. The summed E-state index contributed by atoms with van der Waals surface area (Å²) in [6.45, 7) is 2.24. The van der Waals surface area contributed by atoms with Gasteiger partial charge in [0.15, 0.2) is 0 Å². The van der Waals surface area contributed by atoms with Gasteiger partial charge in [0.05, 0.1) is 5.75 Å². The number of alkyl halides is 3. The lowest BCUT2D eigenvalue weighted by atomic mass is 10.4. The molecular formula is C7H15F3N2O2S. The highest BCUT2D eigenvalue weighted by Crippen LogP contribution is 2.12. The zero-order valence-electron chi connectivity index (χ0n) is 8.56. The fraction of sp³-hybridized carbons (Fsp3) is 1.00. The lowest BCUT2D eigenvalue weighted by Crippen LogP contribution is -2.38. The van der Waals surface area contributed by atoms with Crippen LogP contribution in [0.5, 0.6) is 0 Å². The van der Waals surface area contributed by atoms with Gasteiger partial charge in [-0.05, 0) is 0 Å². The molecule has 15 heavy (non-hydrogen) atoms. The Morgan fingerprint density at radius 3 is 2.20 bits per heavy atom. The van der Waals surface area contributed by atoms with E-state index in [1.165, 1.54) is 4.72 Å². The van der Waals surface area contributed by atoms with Gasteiger partial charge in [-0.2, -0.15) is 13.2 Å². The van der Waals surface area contributed by atoms with Crippen molar-refractivity contribution in [3.05, 3.63) is 0 Å². The van der Waals surface area contributed by atoms with Crippen molar-refractivity contribution in [1.29, 1.82) is 0 Å². The lowest BCUT2D eigenvalue weighted by Gasteiger charge is -2.10. The summed E-state index contributed by atoms with van der Waals surface area (Å²) in [5, 5.41) is 2.80. The Balaban J connectivity index is 3.89. The predicted molar refractivity (Wildman–Crippen MR) is 51.0 cm³/mol. The molecule has 0 aliphatic carbocycles. The Labute approximate surface area is 87.3 Å². The first-order valence-electron chi connectivity index (χ1n) is 4.40. The summed E-state index contributed by atoms with van der Waals surface area (Å²) < 4.78 is 58.6. The van der Waals surface area contributed by atoms with E-state index in [4.69, 9.17) is 0 Å². The van der Waals surface area contributed by atoms with E-state index in [1.54, 1.807) is 0 Å². The van der Waals surface area contributed by atoms with E-state index in [0.717, 1.165) is 0 Å². The molecule has 0 saturated heterocycles. The summed E-state index contributed by atoms with van der Waals surface area (Å²) in [6.07, 6.45) is -4.52. The molecule has 0 heterocycles. The first-order chi connectivity index (χ1) is 6.62. The number of hydrogen-bond donors (Lipinski definition) is 2. The van der Waals surface area contributed by atoms with Crippen molar-refractivity contribution in [2.45, 2.75) is 26.1 Å². The molecule has 0 atom stereocenters. The van der Waals surface area contributed by atoms with E-state index in [-0.39, 0.29) is 18.3 Å². The van der Waals surface area contributed by atoms with Crippen LogP contribution >= 0.6 is 0 Å². The molecule has 0 unspecified atom stereocenters. The molecule has 92 valence electrons. The van der Waals surface area contributed by atoms with Gasteiger partial charge in [0.25, 0.3) is 0 Å². The van der Waals surface area contributed by atoms with Crippen molar-refractivity contribution in [1.82, 2.24) is 10.0 Å². The number of rotatable bonds is 6. The van der Waals surface area contributed by atoms with Crippen LogP contribution in [0.25, 0.3) is 0 Å². The van der Waals surface area contributed by atoms with Crippen molar-refractivity contribution >= 4 is 10.0 Å². The molecule has 4 nitrogen and oxygen atoms in total. The molecule has 0 amide bonds. The molecule has 0 saturated carbocycles. The van der Waals surface area contributed by atoms with Gasteiger partial charge in [-0.3, -0.25) is 0 Å². The number of halogens is 3. The van der Waals surface area contributed by atoms with Crippen LogP contribution in [0, 0.1) is 0 Å². The van der Waals surface area contributed by atoms with Gasteiger partial charge in [0, 0.05) is 12.6 Å². The molecule has 0 radical (unpaired) electrons. The van der Waals surface area contributed by atoms with Gasteiger partial charge in [-0.25, -0.2) is 13.1 Å². The first-order valence-corrected chi connectivity index (χ1v) is 6.05. The lowest BCUT2D eigenvalue weighted by molar-refractivity contribution is -0.121. The van der Waals surface area contributed by atoms with Crippen LogP contribution in [0.1, 0.15) is 13.8 Å². The molecule has 0 spiro atoms. The Hall–Kier alpha value is -0.340. The second kappa shape index (κ2) is 5.66. The van der Waals surface area contributed by atoms with Crippen molar-refractivity contribution in [3.63, 3.8) is 0 Å². The largest absolute Gasteiger partial charge is 0.402 e. The van der Waals surface area contributed by atoms with Crippen molar-refractivity contribution in [2.75, 3.05) is 18.8 Å². The fourth-order valence-corrected chi connectivity index (χ4v) is 1.66. The quantitative estimate of drug-likeness (QED) is 0.718. The Kier molecular flexibility index (Phi) is 5.54. The second-order valence-corrected chi connectivity index (χ2v) is 5.29. The highest BCUT2D eigenvalue weighted by molar-refractivity contribution is 7.89. The third-order valence-corrected chi connectivity index (χ3v) is 2.74. The van der Waals surface area contributed by atoms with Gasteiger partial charge in [0.1, 0.15) is 6.54 Å². The van der Waals surface area contributed by atoms with Crippen LogP contribution < -0.4 is 10.0 Å². The summed E-state index contributed by atoms with van der Waals surface area (Å²) in [4.78, 5) is 0. The second-order valence-electron chi connectivity index (χ2n) is 3.36. The molecule has 0 aliphatic heterocycles. The van der Waals surface area contributed by atoms with Crippen molar-refractivity contribution in [2.24, 2.45) is 0 Å². The Morgan fingerprint density at radius 2 is 1.80 bits per heavy atom. The van der Waals surface area contributed by atoms with E-state index in [1.807, 2.05) is 13.8 Å². The van der Waals surface area contributed by atoms with E-state index in [2.05, 4.69) is 5.32 Å². The normalized spacial score (nSPS) is 13.5. The van der Waals surface area contributed by atoms with E-state index < -0.39 is 22.7 Å². The summed E-state index contributed by atoms with van der Waals surface area (Å²) >= 11 is 0. The van der Waals surface area contributed by atoms with Crippen LogP contribution in [0.4, 0.5) is 13.2 Å². The molecular weight excluding hydrogens is 233 g/mol. The van der Waals surface area contributed by atoms with Crippen molar-refractivity contribution < 1.29 is 21.6 Å². The van der Waals surface area contributed by atoms with Gasteiger partial charge in [-0.1, -0.05) is 13.8 Å². The third kappa shape index (κ3) is 9.95. The smallest absolute Gasteiger partial charge is 0.313 e. The maximum Gasteiger partial charge on any atom is 0.402 e. The van der Waals surface area contributed by atoms with Crippen LogP contribution in [0.3, 0.4) is 0 Å². The minimum absolute atomic E-state index is 0.0998. The van der Waals surface area contributed by atoms with Gasteiger partial charge < -0.3 is 5.32 Å². The molecule has 0 bridgehead atoms. The minimum atomic E-state index is -4.52. The van der Waals surface area contributed by atoms with Crippen LogP contribution in [-0.4, -0.2) is 39.5 Å². The Bertz CT molecular complexity index is 274. The molecule has 0 rings (SSSR count). The zero-order chi connectivity index (χ0) is 12.1. The summed E-state index contributed by atoms with van der Waals surface area (Å²) in [5.41, 5.74) is 0. The summed E-state index contributed by atoms with van der Waals surface area (Å²) in [7, 11) is -3.84. The SMILES string of the molecule is CC(C)NCCS(=O)(=O)NCC(F)(F)F. The zero-order valence-corrected chi connectivity index (χ0v) is 9.37. The summed E-state index contributed by atoms with van der Waals surface area (Å²) in [6, 6.07) is 0.0998. The van der Waals surface area contributed by atoms with Gasteiger partial charge >= 0.3 is 6.18 Å². The topological polar surface area (TPSA) is 58.2 Å². The molecule has 0 fully saturated rings. The van der Waals surface area contributed by atoms with Gasteiger partial charge in [-0.15, -0.1) is 0 Å². The highest BCUT2D eigenvalue weighted by Gasteiger charge is 2.29. The number of hydrogen-bond acceptors (Lipinski definition) is 3. The monoisotopic (exact) mass is 248 g/mol. The average Bonchev–Trinajstić information content (AvgIpc) is 1.99.